The van der Waals surface area contributed by atoms with Gasteiger partial charge in [-0.1, -0.05) is 35.9 Å². The molecule has 0 unspecified atom stereocenters. The molecule has 2 aromatic carbocycles. The average molecular weight is 418 g/mol. The van der Waals surface area contributed by atoms with Crippen LogP contribution in [0, 0.1) is 0 Å². The molecule has 0 saturated carbocycles. The standard InChI is InChI=1S/C21H16ClN7O/c22-15-7-4-8-16-18(15)21(30)29(28-13-5-2-1-3-6-13)17(27-16)11-24-20-14-9-10-23-19(14)25-12-26-20/h1-10,12,28H,11H2,(H2,23,24,25,26). The molecule has 0 aliphatic heterocycles. The molecule has 5 rings (SSSR count). The number of hydrogen-bond acceptors (Lipinski definition) is 6. The number of H-pyrrole nitrogens is 1. The zero-order valence-corrected chi connectivity index (χ0v) is 16.4. The summed E-state index contributed by atoms with van der Waals surface area (Å²) in [6.45, 7) is 0.259. The summed E-state index contributed by atoms with van der Waals surface area (Å²) in [6.07, 6.45) is 3.28. The molecule has 0 fully saturated rings. The molecule has 9 heteroatoms. The van der Waals surface area contributed by atoms with Crippen LogP contribution in [0.2, 0.25) is 5.02 Å². The minimum atomic E-state index is -0.277. The number of rotatable bonds is 5. The Morgan fingerprint density at radius 1 is 1.03 bits per heavy atom. The quantitative estimate of drug-likeness (QED) is 0.402. The topological polar surface area (TPSA) is 101 Å². The lowest BCUT2D eigenvalue weighted by Gasteiger charge is -2.16. The van der Waals surface area contributed by atoms with E-state index in [9.17, 15) is 4.79 Å². The molecule has 0 aliphatic carbocycles. The third-order valence-electron chi connectivity index (χ3n) is 4.70. The van der Waals surface area contributed by atoms with Crippen LogP contribution in [0.4, 0.5) is 11.5 Å². The highest BCUT2D eigenvalue weighted by molar-refractivity contribution is 6.35. The van der Waals surface area contributed by atoms with Gasteiger partial charge in [0, 0.05) is 6.20 Å². The second-order valence-electron chi connectivity index (χ2n) is 6.60. The minimum absolute atomic E-state index is 0.259. The average Bonchev–Trinajstić information content (AvgIpc) is 3.25. The first-order valence-corrected chi connectivity index (χ1v) is 9.63. The van der Waals surface area contributed by atoms with Crippen LogP contribution in [0.3, 0.4) is 0 Å². The van der Waals surface area contributed by atoms with E-state index in [0.29, 0.717) is 27.6 Å². The number of para-hydroxylation sites is 1. The predicted molar refractivity (Wildman–Crippen MR) is 118 cm³/mol. The van der Waals surface area contributed by atoms with Gasteiger partial charge in [-0.25, -0.2) is 19.6 Å². The molecule has 3 N–H and O–H groups in total. The summed E-state index contributed by atoms with van der Waals surface area (Å²) in [6, 6.07) is 16.5. The molecular formula is C21H16ClN7O. The second-order valence-corrected chi connectivity index (χ2v) is 7.00. The van der Waals surface area contributed by atoms with E-state index in [-0.39, 0.29) is 12.1 Å². The van der Waals surface area contributed by atoms with E-state index in [0.717, 1.165) is 16.7 Å². The maximum Gasteiger partial charge on any atom is 0.281 e. The Morgan fingerprint density at radius 3 is 2.77 bits per heavy atom. The van der Waals surface area contributed by atoms with Crippen LogP contribution < -0.4 is 16.3 Å². The van der Waals surface area contributed by atoms with Gasteiger partial charge in [-0.05, 0) is 30.3 Å². The van der Waals surface area contributed by atoms with Gasteiger partial charge in [0.25, 0.3) is 5.56 Å². The van der Waals surface area contributed by atoms with Crippen molar-refractivity contribution in [3.63, 3.8) is 0 Å². The van der Waals surface area contributed by atoms with E-state index in [4.69, 9.17) is 11.6 Å². The van der Waals surface area contributed by atoms with Crippen LogP contribution in [0.15, 0.2) is 71.9 Å². The smallest absolute Gasteiger partial charge is 0.281 e. The lowest BCUT2D eigenvalue weighted by molar-refractivity contribution is 0.783. The van der Waals surface area contributed by atoms with E-state index in [1.807, 2.05) is 36.4 Å². The number of hydrogen-bond donors (Lipinski definition) is 3. The number of benzene rings is 2. The highest BCUT2D eigenvalue weighted by Gasteiger charge is 2.14. The van der Waals surface area contributed by atoms with Gasteiger partial charge >= 0.3 is 0 Å². The molecule has 0 amide bonds. The third kappa shape index (κ3) is 3.23. The number of halogens is 1. The van der Waals surface area contributed by atoms with E-state index in [2.05, 4.69) is 30.7 Å². The normalized spacial score (nSPS) is 11.1. The molecule has 5 aromatic rings. The Labute approximate surface area is 175 Å². The summed E-state index contributed by atoms with van der Waals surface area (Å²) in [4.78, 5) is 29.5. The van der Waals surface area contributed by atoms with Crippen LogP contribution in [-0.2, 0) is 6.54 Å². The molecule has 3 aromatic heterocycles. The van der Waals surface area contributed by atoms with Gasteiger partial charge in [0.1, 0.15) is 17.8 Å². The SMILES string of the molecule is O=c1c2c(Cl)cccc2nc(CNc2ncnc3[nH]ccc23)n1Nc1ccccc1. The van der Waals surface area contributed by atoms with Crippen LogP contribution in [0.1, 0.15) is 5.82 Å². The monoisotopic (exact) mass is 417 g/mol. The summed E-state index contributed by atoms with van der Waals surface area (Å²) in [5.41, 5.74) is 4.87. The largest absolute Gasteiger partial charge is 0.362 e. The van der Waals surface area contributed by atoms with Crippen LogP contribution in [0.25, 0.3) is 21.9 Å². The first-order valence-electron chi connectivity index (χ1n) is 9.25. The Bertz CT molecular complexity index is 1410. The summed E-state index contributed by atoms with van der Waals surface area (Å²) < 4.78 is 1.41. The molecule has 8 nitrogen and oxygen atoms in total. The molecule has 0 saturated heterocycles. The van der Waals surface area contributed by atoms with E-state index >= 15 is 0 Å². The summed E-state index contributed by atoms with van der Waals surface area (Å²) in [7, 11) is 0. The summed E-state index contributed by atoms with van der Waals surface area (Å²) in [5, 5.41) is 4.83. The summed E-state index contributed by atoms with van der Waals surface area (Å²) in [5.74, 6) is 1.13. The van der Waals surface area contributed by atoms with Crippen molar-refractivity contribution in [1.29, 1.82) is 0 Å². The van der Waals surface area contributed by atoms with Gasteiger partial charge in [-0.3, -0.25) is 10.2 Å². The van der Waals surface area contributed by atoms with Crippen molar-refractivity contribution in [2.75, 3.05) is 10.7 Å². The number of nitrogens with zero attached hydrogens (tertiary/aromatic N) is 4. The minimum Gasteiger partial charge on any atom is -0.362 e. The molecule has 0 aliphatic rings. The number of aromatic nitrogens is 5. The highest BCUT2D eigenvalue weighted by Crippen LogP contribution is 2.21. The van der Waals surface area contributed by atoms with Gasteiger partial charge in [0.2, 0.25) is 0 Å². The van der Waals surface area contributed by atoms with Crippen LogP contribution in [0.5, 0.6) is 0 Å². The Morgan fingerprint density at radius 2 is 1.90 bits per heavy atom. The van der Waals surface area contributed by atoms with E-state index < -0.39 is 0 Å². The van der Waals surface area contributed by atoms with Gasteiger partial charge in [0.05, 0.1) is 33.5 Å². The molecule has 0 spiro atoms. The Kier molecular flexibility index (Phi) is 4.53. The maximum atomic E-state index is 13.3. The molecule has 3 heterocycles. The second kappa shape index (κ2) is 7.49. The van der Waals surface area contributed by atoms with Crippen molar-refractivity contribution in [3.05, 3.63) is 88.3 Å². The van der Waals surface area contributed by atoms with Crippen molar-refractivity contribution in [3.8, 4) is 0 Å². The van der Waals surface area contributed by atoms with E-state index in [1.165, 1.54) is 11.0 Å². The van der Waals surface area contributed by atoms with Crippen LogP contribution >= 0.6 is 11.6 Å². The van der Waals surface area contributed by atoms with Crippen LogP contribution in [-0.4, -0.2) is 24.6 Å². The highest BCUT2D eigenvalue weighted by atomic mass is 35.5. The fourth-order valence-corrected chi connectivity index (χ4v) is 3.54. The van der Waals surface area contributed by atoms with Gasteiger partial charge in [0.15, 0.2) is 5.82 Å². The van der Waals surface area contributed by atoms with Crippen molar-refractivity contribution in [2.45, 2.75) is 6.54 Å². The van der Waals surface area contributed by atoms with Crippen molar-refractivity contribution in [1.82, 2.24) is 24.6 Å². The number of nitrogens with one attached hydrogen (secondary N) is 3. The zero-order chi connectivity index (χ0) is 20.5. The molecule has 0 atom stereocenters. The van der Waals surface area contributed by atoms with Crippen molar-refractivity contribution in [2.24, 2.45) is 0 Å². The fourth-order valence-electron chi connectivity index (χ4n) is 3.29. The van der Waals surface area contributed by atoms with E-state index in [1.54, 1.807) is 24.4 Å². The predicted octanol–water partition coefficient (Wildman–Crippen LogP) is 3.81. The summed E-state index contributed by atoms with van der Waals surface area (Å²) >= 11 is 6.30. The molecular weight excluding hydrogens is 402 g/mol. The lowest BCUT2D eigenvalue weighted by atomic mass is 10.2. The maximum absolute atomic E-state index is 13.3. The zero-order valence-electron chi connectivity index (χ0n) is 15.6. The number of anilines is 2. The van der Waals surface area contributed by atoms with Gasteiger partial charge in [-0.2, -0.15) is 0 Å². The third-order valence-corrected chi connectivity index (χ3v) is 5.01. The first-order chi connectivity index (χ1) is 14.7. The number of aromatic amines is 1. The fraction of sp³-hybridized carbons (Fsp3) is 0.0476. The van der Waals surface area contributed by atoms with Gasteiger partial charge in [-0.15, -0.1) is 0 Å². The molecule has 30 heavy (non-hydrogen) atoms. The molecule has 0 radical (unpaired) electrons. The lowest BCUT2D eigenvalue weighted by Crippen LogP contribution is -2.32. The van der Waals surface area contributed by atoms with Crippen molar-refractivity contribution >= 4 is 45.0 Å². The molecule has 0 bridgehead atoms. The molecule has 148 valence electrons. The number of fused-ring (bicyclic) bond motifs is 2. The van der Waals surface area contributed by atoms with Crippen molar-refractivity contribution < 1.29 is 0 Å². The van der Waals surface area contributed by atoms with Gasteiger partial charge < -0.3 is 10.3 Å². The Balaban J connectivity index is 1.59. The first kappa shape index (κ1) is 18.1. The Hall–Kier alpha value is -3.91.